The van der Waals surface area contributed by atoms with Crippen molar-refractivity contribution in [2.75, 3.05) is 11.1 Å². The number of carbonyl (C=O) groups excluding carboxylic acids is 1. The predicted octanol–water partition coefficient (Wildman–Crippen LogP) is 4.08. The fourth-order valence-corrected chi connectivity index (χ4v) is 3.89. The van der Waals surface area contributed by atoms with Gasteiger partial charge in [-0.25, -0.2) is 4.98 Å². The van der Waals surface area contributed by atoms with Crippen LogP contribution in [0.25, 0.3) is 10.9 Å². The van der Waals surface area contributed by atoms with Crippen LogP contribution in [0.4, 0.5) is 5.69 Å². The molecule has 0 unspecified atom stereocenters. The molecule has 4 rings (SSSR count). The van der Waals surface area contributed by atoms with Crippen LogP contribution in [0.2, 0.25) is 0 Å². The summed E-state index contributed by atoms with van der Waals surface area (Å²) in [5.74, 6) is 0.109. The van der Waals surface area contributed by atoms with Gasteiger partial charge in [0.1, 0.15) is 0 Å². The van der Waals surface area contributed by atoms with E-state index in [2.05, 4.69) is 10.3 Å². The summed E-state index contributed by atoms with van der Waals surface area (Å²) in [4.78, 5) is 29.9. The average molecular weight is 379 g/mol. The third-order valence-electron chi connectivity index (χ3n) is 4.81. The molecular weight excluding hydrogens is 358 g/mol. The summed E-state index contributed by atoms with van der Waals surface area (Å²) in [6.45, 7) is 4.06. The summed E-state index contributed by atoms with van der Waals surface area (Å²) >= 11 is 1.32. The van der Waals surface area contributed by atoms with E-state index < -0.39 is 0 Å². The van der Waals surface area contributed by atoms with Crippen molar-refractivity contribution in [3.63, 3.8) is 0 Å². The van der Waals surface area contributed by atoms with Crippen LogP contribution in [0.5, 0.6) is 0 Å². The summed E-state index contributed by atoms with van der Waals surface area (Å²) in [6, 6.07) is 13.4. The molecular formula is C21H21N3O2S. The number of para-hydroxylation sites is 1. The minimum absolute atomic E-state index is 0.0137. The number of aromatic nitrogens is 2. The molecule has 0 aliphatic heterocycles. The fourth-order valence-electron chi connectivity index (χ4n) is 3.03. The van der Waals surface area contributed by atoms with Gasteiger partial charge < -0.3 is 5.32 Å². The van der Waals surface area contributed by atoms with Gasteiger partial charge in [-0.3, -0.25) is 14.2 Å². The normalized spacial score (nSPS) is 13.7. The molecule has 1 N–H and O–H groups in total. The van der Waals surface area contributed by atoms with Crippen LogP contribution in [0.1, 0.15) is 30.0 Å². The number of thioether (sulfide) groups is 1. The Labute approximate surface area is 161 Å². The van der Waals surface area contributed by atoms with Gasteiger partial charge >= 0.3 is 0 Å². The highest BCUT2D eigenvalue weighted by atomic mass is 32.2. The molecule has 1 aliphatic rings. The Balaban J connectivity index is 1.54. The first-order valence-electron chi connectivity index (χ1n) is 9.04. The Morgan fingerprint density at radius 3 is 2.70 bits per heavy atom. The molecule has 0 saturated heterocycles. The first kappa shape index (κ1) is 17.8. The Morgan fingerprint density at radius 2 is 1.96 bits per heavy atom. The summed E-state index contributed by atoms with van der Waals surface area (Å²) in [5.41, 5.74) is 3.78. The smallest absolute Gasteiger partial charge is 0.262 e. The second-order valence-electron chi connectivity index (χ2n) is 6.95. The molecule has 0 spiro atoms. The van der Waals surface area contributed by atoms with Crippen molar-refractivity contribution in [1.82, 2.24) is 9.55 Å². The van der Waals surface area contributed by atoms with Crippen molar-refractivity contribution >= 4 is 34.3 Å². The van der Waals surface area contributed by atoms with Crippen molar-refractivity contribution in [1.29, 1.82) is 0 Å². The number of aryl methyl sites for hydroxylation is 2. The van der Waals surface area contributed by atoms with Gasteiger partial charge in [0.25, 0.3) is 5.56 Å². The largest absolute Gasteiger partial charge is 0.325 e. The zero-order valence-electron chi connectivity index (χ0n) is 15.4. The maximum atomic E-state index is 12.8. The Bertz CT molecular complexity index is 1090. The molecule has 5 nitrogen and oxygen atoms in total. The molecule has 1 fully saturated rings. The SMILES string of the molecule is Cc1ccc(NC(=O)CSc2nc3ccccc3c(=O)n2C2CC2)cc1C. The maximum Gasteiger partial charge on any atom is 0.262 e. The van der Waals surface area contributed by atoms with Gasteiger partial charge in [0.15, 0.2) is 5.16 Å². The van der Waals surface area contributed by atoms with Gasteiger partial charge in [-0.2, -0.15) is 0 Å². The number of anilines is 1. The van der Waals surface area contributed by atoms with Crippen LogP contribution in [-0.4, -0.2) is 21.2 Å². The van der Waals surface area contributed by atoms with E-state index in [-0.39, 0.29) is 23.3 Å². The molecule has 2 aromatic carbocycles. The summed E-state index contributed by atoms with van der Waals surface area (Å²) in [5, 5.41) is 4.18. The third-order valence-corrected chi connectivity index (χ3v) is 5.76. The molecule has 0 bridgehead atoms. The lowest BCUT2D eigenvalue weighted by molar-refractivity contribution is -0.113. The predicted molar refractivity (Wildman–Crippen MR) is 110 cm³/mol. The van der Waals surface area contributed by atoms with Gasteiger partial charge in [-0.15, -0.1) is 0 Å². The van der Waals surface area contributed by atoms with Crippen LogP contribution < -0.4 is 10.9 Å². The number of nitrogens with zero attached hydrogens (tertiary/aromatic N) is 2. The van der Waals surface area contributed by atoms with Crippen LogP contribution in [0.3, 0.4) is 0 Å². The lowest BCUT2D eigenvalue weighted by atomic mass is 10.1. The van der Waals surface area contributed by atoms with Crippen LogP contribution >= 0.6 is 11.8 Å². The minimum Gasteiger partial charge on any atom is -0.325 e. The lowest BCUT2D eigenvalue weighted by Gasteiger charge is -2.12. The number of amides is 1. The summed E-state index contributed by atoms with van der Waals surface area (Å²) in [7, 11) is 0. The van der Waals surface area contributed by atoms with E-state index in [0.717, 1.165) is 24.1 Å². The summed E-state index contributed by atoms with van der Waals surface area (Å²) in [6.07, 6.45) is 1.98. The number of hydrogen-bond acceptors (Lipinski definition) is 4. The highest BCUT2D eigenvalue weighted by molar-refractivity contribution is 7.99. The standard InChI is InChI=1S/C21H21N3O2S/c1-13-7-8-15(11-14(13)2)22-19(25)12-27-21-23-18-6-4-3-5-17(18)20(26)24(21)16-9-10-16/h3-8,11,16H,9-10,12H2,1-2H3,(H,22,25). The number of hydrogen-bond donors (Lipinski definition) is 1. The van der Waals surface area contributed by atoms with E-state index in [0.29, 0.717) is 16.1 Å². The maximum absolute atomic E-state index is 12.8. The summed E-state index contributed by atoms with van der Waals surface area (Å²) < 4.78 is 1.76. The zero-order chi connectivity index (χ0) is 19.0. The van der Waals surface area contributed by atoms with E-state index >= 15 is 0 Å². The van der Waals surface area contributed by atoms with E-state index in [9.17, 15) is 9.59 Å². The van der Waals surface area contributed by atoms with E-state index in [1.165, 1.54) is 17.3 Å². The lowest BCUT2D eigenvalue weighted by Crippen LogP contribution is -2.23. The minimum atomic E-state index is -0.104. The number of carbonyl (C=O) groups is 1. The number of rotatable bonds is 5. The zero-order valence-corrected chi connectivity index (χ0v) is 16.2. The molecule has 1 aromatic heterocycles. The van der Waals surface area contributed by atoms with E-state index in [1.807, 2.05) is 56.3 Å². The van der Waals surface area contributed by atoms with Crippen LogP contribution in [0.15, 0.2) is 52.4 Å². The quantitative estimate of drug-likeness (QED) is 0.536. The molecule has 27 heavy (non-hydrogen) atoms. The Hall–Kier alpha value is -2.60. The number of fused-ring (bicyclic) bond motifs is 1. The van der Waals surface area contributed by atoms with Crippen LogP contribution in [0, 0.1) is 13.8 Å². The molecule has 0 atom stereocenters. The van der Waals surface area contributed by atoms with E-state index in [1.54, 1.807) is 4.57 Å². The molecule has 6 heteroatoms. The van der Waals surface area contributed by atoms with Gasteiger partial charge in [0.2, 0.25) is 5.91 Å². The van der Waals surface area contributed by atoms with E-state index in [4.69, 9.17) is 0 Å². The van der Waals surface area contributed by atoms with Crippen LogP contribution in [-0.2, 0) is 4.79 Å². The van der Waals surface area contributed by atoms with Crippen molar-refractivity contribution in [2.24, 2.45) is 0 Å². The molecule has 3 aromatic rings. The van der Waals surface area contributed by atoms with Crippen molar-refractivity contribution in [3.05, 3.63) is 63.9 Å². The molecule has 1 heterocycles. The van der Waals surface area contributed by atoms with Crippen molar-refractivity contribution in [3.8, 4) is 0 Å². The topological polar surface area (TPSA) is 64.0 Å². The molecule has 0 radical (unpaired) electrons. The Morgan fingerprint density at radius 1 is 1.19 bits per heavy atom. The number of benzene rings is 2. The van der Waals surface area contributed by atoms with Gasteiger partial charge in [-0.1, -0.05) is 30.0 Å². The molecule has 1 amide bonds. The highest BCUT2D eigenvalue weighted by Gasteiger charge is 2.28. The van der Waals surface area contributed by atoms with Crippen molar-refractivity contribution in [2.45, 2.75) is 37.9 Å². The highest BCUT2D eigenvalue weighted by Crippen LogP contribution is 2.36. The first-order valence-corrected chi connectivity index (χ1v) is 10.0. The second-order valence-corrected chi connectivity index (χ2v) is 7.90. The molecule has 138 valence electrons. The van der Waals surface area contributed by atoms with Gasteiger partial charge in [0, 0.05) is 11.7 Å². The molecule has 1 saturated carbocycles. The average Bonchev–Trinajstić information content (AvgIpc) is 3.48. The first-order chi connectivity index (χ1) is 13.0. The fraction of sp³-hybridized carbons (Fsp3) is 0.286. The monoisotopic (exact) mass is 379 g/mol. The second kappa shape index (κ2) is 7.19. The molecule has 1 aliphatic carbocycles. The van der Waals surface area contributed by atoms with Crippen molar-refractivity contribution < 1.29 is 4.79 Å². The third kappa shape index (κ3) is 3.76. The van der Waals surface area contributed by atoms with Gasteiger partial charge in [0.05, 0.1) is 16.7 Å². The van der Waals surface area contributed by atoms with Gasteiger partial charge in [-0.05, 0) is 62.1 Å². The Kier molecular flexibility index (Phi) is 4.74. The number of nitrogens with one attached hydrogen (secondary N) is 1.